The quantitative estimate of drug-likeness (QED) is 0.626. The fraction of sp³-hybridized carbons (Fsp3) is 0.0952. The topological polar surface area (TPSA) is 83.5 Å². The first-order chi connectivity index (χ1) is 13.3. The standard InChI is InChI=1S/C21H18FNO4S/c22-18-5-2-6-20(14-18)28(26,27)23-19-11-9-15(10-12-19)7-8-16-3-1-4-17(13-16)21(24)25/h1-6,9-14,23H,7-8H2,(H,24,25). The summed E-state index contributed by atoms with van der Waals surface area (Å²) in [6.07, 6.45) is 1.34. The van der Waals surface area contributed by atoms with E-state index in [1.807, 2.05) is 6.07 Å². The van der Waals surface area contributed by atoms with E-state index in [1.54, 1.807) is 42.5 Å². The Hall–Kier alpha value is -3.19. The van der Waals surface area contributed by atoms with Gasteiger partial charge < -0.3 is 5.11 Å². The molecular weight excluding hydrogens is 381 g/mol. The Kier molecular flexibility index (Phi) is 5.75. The van der Waals surface area contributed by atoms with E-state index in [-0.39, 0.29) is 10.5 Å². The van der Waals surface area contributed by atoms with Crippen LogP contribution in [0.3, 0.4) is 0 Å². The van der Waals surface area contributed by atoms with Crippen molar-refractivity contribution in [2.45, 2.75) is 17.7 Å². The Bertz CT molecular complexity index is 1100. The van der Waals surface area contributed by atoms with Gasteiger partial charge in [-0.2, -0.15) is 0 Å². The number of sulfonamides is 1. The highest BCUT2D eigenvalue weighted by molar-refractivity contribution is 7.92. The van der Waals surface area contributed by atoms with Gasteiger partial charge in [0.15, 0.2) is 0 Å². The van der Waals surface area contributed by atoms with Crippen LogP contribution in [0, 0.1) is 5.82 Å². The molecule has 0 aliphatic rings. The zero-order valence-corrected chi connectivity index (χ0v) is 15.6. The highest BCUT2D eigenvalue weighted by Crippen LogP contribution is 2.18. The summed E-state index contributed by atoms with van der Waals surface area (Å²) >= 11 is 0. The van der Waals surface area contributed by atoms with E-state index in [1.165, 1.54) is 18.2 Å². The zero-order chi connectivity index (χ0) is 20.1. The van der Waals surface area contributed by atoms with E-state index < -0.39 is 21.8 Å². The van der Waals surface area contributed by atoms with Crippen LogP contribution in [0.4, 0.5) is 10.1 Å². The van der Waals surface area contributed by atoms with Gasteiger partial charge in [-0.25, -0.2) is 17.6 Å². The van der Waals surface area contributed by atoms with Crippen molar-refractivity contribution in [2.75, 3.05) is 4.72 Å². The molecule has 144 valence electrons. The largest absolute Gasteiger partial charge is 0.478 e. The second-order valence-corrected chi connectivity index (χ2v) is 7.95. The second-order valence-electron chi connectivity index (χ2n) is 6.27. The van der Waals surface area contributed by atoms with E-state index in [9.17, 15) is 17.6 Å². The molecule has 0 heterocycles. The summed E-state index contributed by atoms with van der Waals surface area (Å²) in [5.74, 6) is -1.58. The molecule has 0 fully saturated rings. The first-order valence-corrected chi connectivity index (χ1v) is 10.0. The van der Waals surface area contributed by atoms with Crippen LogP contribution in [0.15, 0.2) is 77.7 Å². The first-order valence-electron chi connectivity index (χ1n) is 8.53. The van der Waals surface area contributed by atoms with Crippen molar-refractivity contribution >= 4 is 21.7 Å². The maximum absolute atomic E-state index is 13.3. The Morgan fingerprint density at radius 2 is 1.57 bits per heavy atom. The maximum atomic E-state index is 13.3. The van der Waals surface area contributed by atoms with Crippen LogP contribution >= 0.6 is 0 Å². The number of aromatic carboxylic acids is 1. The Balaban J connectivity index is 1.65. The predicted octanol–water partition coefficient (Wildman–Crippen LogP) is 4.11. The van der Waals surface area contributed by atoms with Crippen LogP contribution in [-0.4, -0.2) is 19.5 Å². The summed E-state index contributed by atoms with van der Waals surface area (Å²) in [6.45, 7) is 0. The monoisotopic (exact) mass is 399 g/mol. The number of halogens is 1. The van der Waals surface area contributed by atoms with Crippen molar-refractivity contribution in [2.24, 2.45) is 0 Å². The minimum atomic E-state index is -3.86. The smallest absolute Gasteiger partial charge is 0.335 e. The number of nitrogens with one attached hydrogen (secondary N) is 1. The minimum absolute atomic E-state index is 0.144. The molecular formula is C21H18FNO4S. The highest BCUT2D eigenvalue weighted by atomic mass is 32.2. The van der Waals surface area contributed by atoms with Crippen molar-refractivity contribution in [3.05, 3.63) is 95.3 Å². The summed E-state index contributed by atoms with van der Waals surface area (Å²) in [7, 11) is -3.86. The van der Waals surface area contributed by atoms with Crippen LogP contribution in [0.25, 0.3) is 0 Å². The molecule has 0 aliphatic heterocycles. The number of hydrogen-bond acceptors (Lipinski definition) is 3. The maximum Gasteiger partial charge on any atom is 0.335 e. The van der Waals surface area contributed by atoms with E-state index in [0.717, 1.165) is 17.2 Å². The number of carboxylic acid groups (broad SMARTS) is 1. The van der Waals surface area contributed by atoms with E-state index in [0.29, 0.717) is 18.5 Å². The van der Waals surface area contributed by atoms with Gasteiger partial charge in [-0.15, -0.1) is 0 Å². The Morgan fingerprint density at radius 1 is 0.893 bits per heavy atom. The molecule has 3 aromatic carbocycles. The number of carbonyl (C=O) groups is 1. The molecule has 5 nitrogen and oxygen atoms in total. The van der Waals surface area contributed by atoms with Gasteiger partial charge in [0, 0.05) is 5.69 Å². The summed E-state index contributed by atoms with van der Waals surface area (Å²) in [5, 5.41) is 9.04. The van der Waals surface area contributed by atoms with Gasteiger partial charge in [-0.05, 0) is 66.4 Å². The molecule has 2 N–H and O–H groups in total. The number of hydrogen-bond donors (Lipinski definition) is 2. The average Bonchev–Trinajstić information content (AvgIpc) is 2.67. The summed E-state index contributed by atoms with van der Waals surface area (Å²) in [6, 6.07) is 18.4. The van der Waals surface area contributed by atoms with Crippen LogP contribution in [0.2, 0.25) is 0 Å². The summed E-state index contributed by atoms with van der Waals surface area (Å²) in [4.78, 5) is 10.9. The molecule has 0 spiro atoms. The fourth-order valence-corrected chi connectivity index (χ4v) is 3.83. The molecule has 0 saturated carbocycles. The molecule has 0 unspecified atom stereocenters. The Labute approximate surface area is 162 Å². The third kappa shape index (κ3) is 4.95. The number of rotatable bonds is 7. The normalized spacial score (nSPS) is 11.2. The predicted molar refractivity (Wildman–Crippen MR) is 104 cm³/mol. The highest BCUT2D eigenvalue weighted by Gasteiger charge is 2.14. The molecule has 0 aromatic heterocycles. The third-order valence-electron chi connectivity index (χ3n) is 4.19. The molecule has 7 heteroatoms. The third-order valence-corrected chi connectivity index (χ3v) is 5.57. The number of carboxylic acids is 1. The van der Waals surface area contributed by atoms with Crippen molar-refractivity contribution in [1.82, 2.24) is 0 Å². The molecule has 0 atom stereocenters. The van der Waals surface area contributed by atoms with Gasteiger partial charge in [0.1, 0.15) is 5.82 Å². The molecule has 0 saturated heterocycles. The van der Waals surface area contributed by atoms with Gasteiger partial charge in [0.05, 0.1) is 10.5 Å². The van der Waals surface area contributed by atoms with Gasteiger partial charge in [-0.3, -0.25) is 4.72 Å². The van der Waals surface area contributed by atoms with Gasteiger partial charge >= 0.3 is 5.97 Å². The zero-order valence-electron chi connectivity index (χ0n) is 14.8. The number of anilines is 1. The van der Waals surface area contributed by atoms with Gasteiger partial charge in [0.2, 0.25) is 0 Å². The second kappa shape index (κ2) is 8.22. The Morgan fingerprint density at radius 3 is 2.25 bits per heavy atom. The lowest BCUT2D eigenvalue weighted by Crippen LogP contribution is -2.13. The molecule has 0 amide bonds. The lowest BCUT2D eigenvalue weighted by Gasteiger charge is -2.09. The van der Waals surface area contributed by atoms with Crippen LogP contribution in [-0.2, 0) is 22.9 Å². The van der Waals surface area contributed by atoms with Crippen molar-refractivity contribution < 1.29 is 22.7 Å². The molecule has 0 aliphatic carbocycles. The SMILES string of the molecule is O=C(O)c1cccc(CCc2ccc(NS(=O)(=O)c3cccc(F)c3)cc2)c1. The molecule has 3 rings (SSSR count). The number of aryl methyl sites for hydroxylation is 2. The average molecular weight is 399 g/mol. The summed E-state index contributed by atoms with van der Waals surface area (Å²) in [5.41, 5.74) is 2.52. The van der Waals surface area contributed by atoms with Crippen LogP contribution in [0.5, 0.6) is 0 Å². The lowest BCUT2D eigenvalue weighted by molar-refractivity contribution is 0.0696. The molecule has 0 radical (unpaired) electrons. The molecule has 28 heavy (non-hydrogen) atoms. The van der Waals surface area contributed by atoms with Crippen molar-refractivity contribution in [1.29, 1.82) is 0 Å². The van der Waals surface area contributed by atoms with E-state index in [2.05, 4.69) is 4.72 Å². The minimum Gasteiger partial charge on any atom is -0.478 e. The van der Waals surface area contributed by atoms with Crippen LogP contribution < -0.4 is 4.72 Å². The first kappa shape index (κ1) is 19.6. The molecule has 3 aromatic rings. The van der Waals surface area contributed by atoms with Gasteiger partial charge in [0.25, 0.3) is 10.0 Å². The molecule has 0 bridgehead atoms. The van der Waals surface area contributed by atoms with Gasteiger partial charge in [-0.1, -0.05) is 30.3 Å². The van der Waals surface area contributed by atoms with Crippen molar-refractivity contribution in [3.8, 4) is 0 Å². The fourth-order valence-electron chi connectivity index (χ4n) is 2.74. The summed E-state index contributed by atoms with van der Waals surface area (Å²) < 4.78 is 40.3. The lowest BCUT2D eigenvalue weighted by atomic mass is 10.0. The van der Waals surface area contributed by atoms with E-state index >= 15 is 0 Å². The van der Waals surface area contributed by atoms with Crippen molar-refractivity contribution in [3.63, 3.8) is 0 Å². The number of benzene rings is 3. The van der Waals surface area contributed by atoms with Crippen LogP contribution in [0.1, 0.15) is 21.5 Å². The van der Waals surface area contributed by atoms with E-state index in [4.69, 9.17) is 5.11 Å².